The van der Waals surface area contributed by atoms with Crippen molar-refractivity contribution in [3.63, 3.8) is 0 Å². The van der Waals surface area contributed by atoms with Crippen LogP contribution in [0.2, 0.25) is 0 Å². The highest BCUT2D eigenvalue weighted by Gasteiger charge is 1.96. The van der Waals surface area contributed by atoms with Crippen LogP contribution < -0.4 is 10.5 Å². The molecular weight excluding hydrogens is 226 g/mol. The van der Waals surface area contributed by atoms with Crippen molar-refractivity contribution in [2.75, 3.05) is 0 Å². The molecule has 2 N–H and O–H groups in total. The van der Waals surface area contributed by atoms with Gasteiger partial charge in [0.2, 0.25) is 5.91 Å². The Morgan fingerprint density at radius 3 is 2.17 bits per heavy atom. The fourth-order valence-electron chi connectivity index (χ4n) is 1.45. The minimum Gasteiger partial charge on any atom is -0.457 e. The molecule has 0 aliphatic rings. The molecule has 0 saturated heterocycles. The van der Waals surface area contributed by atoms with Gasteiger partial charge in [0.25, 0.3) is 0 Å². The van der Waals surface area contributed by atoms with Gasteiger partial charge in [-0.2, -0.15) is 0 Å². The molecule has 3 heteroatoms. The van der Waals surface area contributed by atoms with Crippen molar-refractivity contribution >= 4 is 12.0 Å². The van der Waals surface area contributed by atoms with Crippen molar-refractivity contribution in [1.29, 1.82) is 0 Å². The Morgan fingerprint density at radius 1 is 0.944 bits per heavy atom. The van der Waals surface area contributed by atoms with Crippen molar-refractivity contribution in [1.82, 2.24) is 0 Å². The molecule has 0 aromatic heterocycles. The van der Waals surface area contributed by atoms with Gasteiger partial charge in [-0.15, -0.1) is 0 Å². The summed E-state index contributed by atoms with van der Waals surface area (Å²) in [6, 6.07) is 16.9. The highest BCUT2D eigenvalue weighted by molar-refractivity contribution is 5.90. The molecule has 0 radical (unpaired) electrons. The van der Waals surface area contributed by atoms with E-state index in [1.165, 1.54) is 6.08 Å². The summed E-state index contributed by atoms with van der Waals surface area (Å²) < 4.78 is 5.64. The smallest absolute Gasteiger partial charge is 0.241 e. The van der Waals surface area contributed by atoms with Gasteiger partial charge in [0.15, 0.2) is 0 Å². The number of benzene rings is 2. The first-order valence-electron chi connectivity index (χ1n) is 5.54. The van der Waals surface area contributed by atoms with Gasteiger partial charge in [-0.3, -0.25) is 4.79 Å². The van der Waals surface area contributed by atoms with Crippen LogP contribution in [0.15, 0.2) is 60.7 Å². The summed E-state index contributed by atoms with van der Waals surface area (Å²) >= 11 is 0. The molecule has 0 atom stereocenters. The Labute approximate surface area is 106 Å². The van der Waals surface area contributed by atoms with E-state index in [2.05, 4.69) is 0 Å². The SMILES string of the molecule is NC(=O)/C=C/c1ccc(Oc2ccccc2)cc1. The van der Waals surface area contributed by atoms with Gasteiger partial charge in [0, 0.05) is 6.08 Å². The maximum absolute atomic E-state index is 10.6. The van der Waals surface area contributed by atoms with E-state index in [1.807, 2.05) is 54.6 Å². The van der Waals surface area contributed by atoms with Crippen LogP contribution in [0.1, 0.15) is 5.56 Å². The highest BCUT2D eigenvalue weighted by atomic mass is 16.5. The Balaban J connectivity index is 2.06. The average Bonchev–Trinajstić information content (AvgIpc) is 2.39. The zero-order chi connectivity index (χ0) is 12.8. The second-order valence-electron chi connectivity index (χ2n) is 3.72. The summed E-state index contributed by atoms with van der Waals surface area (Å²) in [6.07, 6.45) is 2.99. The van der Waals surface area contributed by atoms with E-state index in [0.29, 0.717) is 0 Å². The van der Waals surface area contributed by atoms with Crippen molar-refractivity contribution in [3.8, 4) is 11.5 Å². The van der Waals surface area contributed by atoms with Gasteiger partial charge in [-0.1, -0.05) is 30.3 Å². The molecule has 18 heavy (non-hydrogen) atoms. The Morgan fingerprint density at radius 2 is 1.56 bits per heavy atom. The van der Waals surface area contributed by atoms with E-state index < -0.39 is 5.91 Å². The molecule has 0 heterocycles. The number of ether oxygens (including phenoxy) is 1. The predicted molar refractivity (Wildman–Crippen MR) is 71.2 cm³/mol. The minimum atomic E-state index is -0.459. The number of hydrogen-bond donors (Lipinski definition) is 1. The molecule has 0 unspecified atom stereocenters. The number of rotatable bonds is 4. The topological polar surface area (TPSA) is 52.3 Å². The highest BCUT2D eigenvalue weighted by Crippen LogP contribution is 2.21. The van der Waals surface area contributed by atoms with Crippen LogP contribution in [-0.4, -0.2) is 5.91 Å². The fraction of sp³-hybridized carbons (Fsp3) is 0. The van der Waals surface area contributed by atoms with Crippen LogP contribution in [0.4, 0.5) is 0 Å². The normalized spacial score (nSPS) is 10.4. The van der Waals surface area contributed by atoms with Crippen LogP contribution >= 0.6 is 0 Å². The van der Waals surface area contributed by atoms with Gasteiger partial charge in [-0.25, -0.2) is 0 Å². The largest absolute Gasteiger partial charge is 0.457 e. The van der Waals surface area contributed by atoms with Gasteiger partial charge in [0.05, 0.1) is 0 Å². The number of para-hydroxylation sites is 1. The monoisotopic (exact) mass is 239 g/mol. The number of carbonyl (C=O) groups excluding carboxylic acids is 1. The van der Waals surface area contributed by atoms with Gasteiger partial charge in [-0.05, 0) is 35.9 Å². The quantitative estimate of drug-likeness (QED) is 0.834. The third kappa shape index (κ3) is 3.49. The summed E-state index contributed by atoms with van der Waals surface area (Å²) in [6.45, 7) is 0. The lowest BCUT2D eigenvalue weighted by molar-refractivity contribution is -0.113. The number of primary amides is 1. The van der Waals surface area contributed by atoms with Crippen molar-refractivity contribution in [2.45, 2.75) is 0 Å². The summed E-state index contributed by atoms with van der Waals surface area (Å²) in [5.41, 5.74) is 5.92. The first-order valence-corrected chi connectivity index (χ1v) is 5.54. The molecule has 0 aliphatic heterocycles. The molecule has 3 nitrogen and oxygen atoms in total. The maximum atomic E-state index is 10.6. The lowest BCUT2D eigenvalue weighted by Gasteiger charge is -2.05. The first-order chi connectivity index (χ1) is 8.74. The second kappa shape index (κ2) is 5.68. The summed E-state index contributed by atoms with van der Waals surface area (Å²) in [7, 11) is 0. The first kappa shape index (κ1) is 11.9. The summed E-state index contributed by atoms with van der Waals surface area (Å²) in [4.78, 5) is 10.6. The van der Waals surface area contributed by atoms with Crippen LogP contribution in [-0.2, 0) is 4.79 Å². The van der Waals surface area contributed by atoms with Crippen molar-refractivity contribution in [2.24, 2.45) is 5.73 Å². The zero-order valence-electron chi connectivity index (χ0n) is 9.74. The molecule has 0 fully saturated rings. The zero-order valence-corrected chi connectivity index (χ0v) is 9.74. The summed E-state index contributed by atoms with van der Waals surface area (Å²) in [5, 5.41) is 0. The van der Waals surface area contributed by atoms with Crippen LogP contribution in [0.3, 0.4) is 0 Å². The van der Waals surface area contributed by atoms with E-state index >= 15 is 0 Å². The van der Waals surface area contributed by atoms with E-state index in [4.69, 9.17) is 10.5 Å². The number of amides is 1. The Hall–Kier alpha value is -2.55. The average molecular weight is 239 g/mol. The molecular formula is C15H13NO2. The van der Waals surface area contributed by atoms with E-state index in [0.717, 1.165) is 17.1 Å². The van der Waals surface area contributed by atoms with E-state index in [-0.39, 0.29) is 0 Å². The molecule has 90 valence electrons. The minimum absolute atomic E-state index is 0.459. The number of hydrogen-bond acceptors (Lipinski definition) is 2. The third-order valence-corrected chi connectivity index (χ3v) is 2.30. The van der Waals surface area contributed by atoms with Crippen molar-refractivity contribution in [3.05, 3.63) is 66.2 Å². The Kier molecular flexibility index (Phi) is 3.76. The van der Waals surface area contributed by atoms with E-state index in [9.17, 15) is 4.79 Å². The fourth-order valence-corrected chi connectivity index (χ4v) is 1.45. The Bertz CT molecular complexity index is 544. The standard InChI is InChI=1S/C15H13NO2/c16-15(17)11-8-12-6-9-14(10-7-12)18-13-4-2-1-3-5-13/h1-11H,(H2,16,17)/b11-8+. The lowest BCUT2D eigenvalue weighted by Crippen LogP contribution is -2.04. The predicted octanol–water partition coefficient (Wildman–Crippen LogP) is 2.98. The van der Waals surface area contributed by atoms with Gasteiger partial charge >= 0.3 is 0 Å². The van der Waals surface area contributed by atoms with Gasteiger partial charge in [0.1, 0.15) is 11.5 Å². The van der Waals surface area contributed by atoms with Crippen LogP contribution in [0.5, 0.6) is 11.5 Å². The molecule has 0 aliphatic carbocycles. The molecule has 0 saturated carbocycles. The number of nitrogens with two attached hydrogens (primary N) is 1. The molecule has 2 aromatic rings. The third-order valence-electron chi connectivity index (χ3n) is 2.30. The number of carbonyl (C=O) groups is 1. The molecule has 2 aromatic carbocycles. The van der Waals surface area contributed by atoms with Gasteiger partial charge < -0.3 is 10.5 Å². The van der Waals surface area contributed by atoms with Crippen molar-refractivity contribution < 1.29 is 9.53 Å². The summed E-state index contributed by atoms with van der Waals surface area (Å²) in [5.74, 6) is 1.08. The van der Waals surface area contributed by atoms with Crippen LogP contribution in [0.25, 0.3) is 6.08 Å². The van der Waals surface area contributed by atoms with Crippen LogP contribution in [0, 0.1) is 0 Å². The second-order valence-corrected chi connectivity index (χ2v) is 3.72. The lowest BCUT2D eigenvalue weighted by atomic mass is 10.2. The van der Waals surface area contributed by atoms with E-state index in [1.54, 1.807) is 6.08 Å². The molecule has 0 spiro atoms. The molecule has 0 bridgehead atoms. The maximum Gasteiger partial charge on any atom is 0.241 e. The molecule has 1 amide bonds. The molecule has 2 rings (SSSR count).